The van der Waals surface area contributed by atoms with Crippen LogP contribution in [-0.2, 0) is 11.3 Å². The number of hydrogen-bond donors (Lipinski definition) is 2. The van der Waals surface area contributed by atoms with Gasteiger partial charge < -0.3 is 15.6 Å². The fourth-order valence-electron chi connectivity index (χ4n) is 1.91. The number of hydrogen-bond acceptors (Lipinski definition) is 6. The van der Waals surface area contributed by atoms with Crippen LogP contribution in [-0.4, -0.2) is 31.3 Å². The number of carbonyl (C=O) groups is 1. The van der Waals surface area contributed by atoms with Crippen LogP contribution in [0.15, 0.2) is 6.33 Å². The van der Waals surface area contributed by atoms with Gasteiger partial charge in [-0.15, -0.1) is 0 Å². The van der Waals surface area contributed by atoms with Gasteiger partial charge in [-0.1, -0.05) is 6.92 Å². The summed E-state index contributed by atoms with van der Waals surface area (Å²) in [6.45, 7) is 6.21. The van der Waals surface area contributed by atoms with Gasteiger partial charge in [0.1, 0.15) is 5.52 Å². The van der Waals surface area contributed by atoms with Crippen LogP contribution >= 0.6 is 0 Å². The van der Waals surface area contributed by atoms with Gasteiger partial charge in [-0.3, -0.25) is 4.79 Å². The zero-order chi connectivity index (χ0) is 14.0. The molecule has 0 aromatic carbocycles. The van der Waals surface area contributed by atoms with Crippen molar-refractivity contribution in [1.29, 1.82) is 0 Å². The molecule has 19 heavy (non-hydrogen) atoms. The van der Waals surface area contributed by atoms with Crippen molar-refractivity contribution in [1.82, 2.24) is 19.5 Å². The summed E-state index contributed by atoms with van der Waals surface area (Å²) in [5.74, 6) is 0.731. The number of carbonyl (C=O) groups excluding carboxylic acids is 1. The lowest BCUT2D eigenvalue weighted by atomic mass is 10.1. The Kier molecular flexibility index (Phi) is 3.64. The van der Waals surface area contributed by atoms with Gasteiger partial charge >= 0.3 is 0 Å². The minimum atomic E-state index is -0.296. The van der Waals surface area contributed by atoms with Crippen molar-refractivity contribution < 1.29 is 4.79 Å². The van der Waals surface area contributed by atoms with Gasteiger partial charge in [0, 0.05) is 6.54 Å². The number of aromatic nitrogens is 4. The molecule has 2 aromatic rings. The third-order valence-corrected chi connectivity index (χ3v) is 3.03. The van der Waals surface area contributed by atoms with E-state index in [9.17, 15) is 4.79 Å². The molecule has 0 bridgehead atoms. The maximum atomic E-state index is 11.4. The van der Waals surface area contributed by atoms with Crippen molar-refractivity contribution >= 4 is 28.7 Å². The van der Waals surface area contributed by atoms with E-state index in [1.165, 1.54) is 0 Å². The van der Waals surface area contributed by atoms with E-state index >= 15 is 0 Å². The SMILES string of the molecule is CC[C@H](Nc1nc(N)c2ncn(CC)c2n1)C(C)=O. The van der Waals surface area contributed by atoms with Crippen molar-refractivity contribution in [3.05, 3.63) is 6.33 Å². The molecule has 0 aliphatic carbocycles. The highest BCUT2D eigenvalue weighted by atomic mass is 16.1. The largest absolute Gasteiger partial charge is 0.382 e. The highest BCUT2D eigenvalue weighted by Gasteiger charge is 2.15. The Labute approximate surface area is 111 Å². The first-order chi connectivity index (χ1) is 9.06. The first-order valence-corrected chi connectivity index (χ1v) is 6.32. The van der Waals surface area contributed by atoms with Crippen molar-refractivity contribution in [2.24, 2.45) is 0 Å². The first-order valence-electron chi connectivity index (χ1n) is 6.32. The maximum Gasteiger partial charge on any atom is 0.227 e. The zero-order valence-electron chi connectivity index (χ0n) is 11.3. The average Bonchev–Trinajstić information content (AvgIpc) is 2.79. The minimum Gasteiger partial charge on any atom is -0.382 e. The second kappa shape index (κ2) is 5.21. The molecule has 0 amide bonds. The van der Waals surface area contributed by atoms with E-state index in [4.69, 9.17) is 5.73 Å². The third kappa shape index (κ3) is 2.49. The Bertz CT molecular complexity index is 606. The average molecular weight is 262 g/mol. The molecule has 1 atom stereocenters. The summed E-state index contributed by atoms with van der Waals surface area (Å²) in [7, 11) is 0. The summed E-state index contributed by atoms with van der Waals surface area (Å²) >= 11 is 0. The van der Waals surface area contributed by atoms with Crippen LogP contribution in [0.4, 0.5) is 11.8 Å². The van der Waals surface area contributed by atoms with E-state index in [0.29, 0.717) is 29.4 Å². The van der Waals surface area contributed by atoms with Gasteiger partial charge in [-0.05, 0) is 20.3 Å². The molecular formula is C12H18N6O. The van der Waals surface area contributed by atoms with E-state index in [-0.39, 0.29) is 11.8 Å². The number of fused-ring (bicyclic) bond motifs is 1. The van der Waals surface area contributed by atoms with Crippen LogP contribution in [0.25, 0.3) is 11.2 Å². The van der Waals surface area contributed by atoms with Gasteiger partial charge in [0.15, 0.2) is 17.2 Å². The third-order valence-electron chi connectivity index (χ3n) is 3.03. The maximum absolute atomic E-state index is 11.4. The van der Waals surface area contributed by atoms with Crippen molar-refractivity contribution in [3.8, 4) is 0 Å². The van der Waals surface area contributed by atoms with E-state index in [1.807, 2.05) is 18.4 Å². The number of nitrogens with one attached hydrogen (secondary N) is 1. The van der Waals surface area contributed by atoms with Crippen LogP contribution in [0, 0.1) is 0 Å². The van der Waals surface area contributed by atoms with Gasteiger partial charge in [-0.2, -0.15) is 9.97 Å². The molecule has 0 radical (unpaired) electrons. The predicted octanol–water partition coefficient (Wildman–Crippen LogP) is 1.21. The highest BCUT2D eigenvalue weighted by Crippen LogP contribution is 2.18. The first kappa shape index (κ1) is 13.3. The smallest absolute Gasteiger partial charge is 0.227 e. The number of nitrogens with two attached hydrogens (primary N) is 1. The Hall–Kier alpha value is -2.18. The van der Waals surface area contributed by atoms with Crippen LogP contribution < -0.4 is 11.1 Å². The number of anilines is 2. The second-order valence-corrected chi connectivity index (χ2v) is 4.35. The van der Waals surface area contributed by atoms with Crippen LogP contribution in [0.2, 0.25) is 0 Å². The number of aryl methyl sites for hydroxylation is 1. The van der Waals surface area contributed by atoms with Gasteiger partial charge in [-0.25, -0.2) is 4.98 Å². The molecule has 0 fully saturated rings. The molecule has 0 aliphatic rings. The lowest BCUT2D eigenvalue weighted by Crippen LogP contribution is -2.27. The number of rotatable bonds is 5. The molecular weight excluding hydrogens is 244 g/mol. The van der Waals surface area contributed by atoms with Crippen LogP contribution in [0.5, 0.6) is 0 Å². The summed E-state index contributed by atoms with van der Waals surface area (Å²) in [5, 5.41) is 3.01. The fraction of sp³-hybridized carbons (Fsp3) is 0.500. The van der Waals surface area contributed by atoms with Gasteiger partial charge in [0.25, 0.3) is 0 Å². The summed E-state index contributed by atoms with van der Waals surface area (Å²) in [5.41, 5.74) is 7.13. The molecule has 2 heterocycles. The molecule has 0 saturated carbocycles. The molecule has 2 aromatic heterocycles. The fourth-order valence-corrected chi connectivity index (χ4v) is 1.91. The van der Waals surface area contributed by atoms with Crippen LogP contribution in [0.3, 0.4) is 0 Å². The van der Waals surface area contributed by atoms with Gasteiger partial charge in [0.05, 0.1) is 12.4 Å². The molecule has 0 saturated heterocycles. The molecule has 7 heteroatoms. The Morgan fingerprint density at radius 1 is 1.47 bits per heavy atom. The lowest BCUT2D eigenvalue weighted by Gasteiger charge is -2.13. The quantitative estimate of drug-likeness (QED) is 0.840. The van der Waals surface area contributed by atoms with Crippen molar-refractivity contribution in [2.45, 2.75) is 39.8 Å². The van der Waals surface area contributed by atoms with E-state index in [0.717, 1.165) is 6.54 Å². The monoisotopic (exact) mass is 262 g/mol. The van der Waals surface area contributed by atoms with E-state index < -0.39 is 0 Å². The standard InChI is InChI=1S/C12H18N6O/c1-4-8(7(3)19)15-12-16-10(13)9-11(17-12)18(5-2)6-14-9/h6,8H,4-5H2,1-3H3,(H3,13,15,16,17)/t8-/m0/s1. The second-order valence-electron chi connectivity index (χ2n) is 4.35. The number of nitrogen functional groups attached to an aromatic ring is 1. The molecule has 102 valence electrons. The van der Waals surface area contributed by atoms with Gasteiger partial charge in [0.2, 0.25) is 5.95 Å². The highest BCUT2D eigenvalue weighted by molar-refractivity contribution is 5.85. The molecule has 2 rings (SSSR count). The van der Waals surface area contributed by atoms with Crippen LogP contribution in [0.1, 0.15) is 27.2 Å². The number of ketones is 1. The summed E-state index contributed by atoms with van der Waals surface area (Å²) in [6.07, 6.45) is 2.35. The zero-order valence-corrected chi connectivity index (χ0v) is 11.3. The topological polar surface area (TPSA) is 98.7 Å². The summed E-state index contributed by atoms with van der Waals surface area (Å²) < 4.78 is 1.88. The Balaban J connectivity index is 2.41. The minimum absolute atomic E-state index is 0.0498. The number of imidazole rings is 1. The molecule has 0 spiro atoms. The van der Waals surface area contributed by atoms with E-state index in [1.54, 1.807) is 13.3 Å². The Morgan fingerprint density at radius 3 is 2.79 bits per heavy atom. The molecule has 7 nitrogen and oxygen atoms in total. The summed E-state index contributed by atoms with van der Waals surface area (Å²) in [6, 6.07) is -0.296. The number of Topliss-reactive ketones (excluding diaryl/α,β-unsaturated/α-hetero) is 1. The lowest BCUT2D eigenvalue weighted by molar-refractivity contribution is -0.117. The normalized spacial score (nSPS) is 12.6. The van der Waals surface area contributed by atoms with Crippen molar-refractivity contribution in [3.63, 3.8) is 0 Å². The number of nitrogens with zero attached hydrogens (tertiary/aromatic N) is 4. The summed E-state index contributed by atoms with van der Waals surface area (Å²) in [4.78, 5) is 24.1. The van der Waals surface area contributed by atoms with E-state index in [2.05, 4.69) is 20.3 Å². The molecule has 0 aliphatic heterocycles. The Morgan fingerprint density at radius 2 is 2.21 bits per heavy atom. The van der Waals surface area contributed by atoms with Crippen molar-refractivity contribution in [2.75, 3.05) is 11.1 Å². The molecule has 0 unspecified atom stereocenters. The molecule has 3 N–H and O–H groups in total. The predicted molar refractivity (Wildman–Crippen MR) is 73.8 cm³/mol.